The number of halogens is 2. The van der Waals surface area contributed by atoms with Crippen molar-refractivity contribution in [3.05, 3.63) is 33.8 Å². The minimum atomic E-state index is -1.03. The van der Waals surface area contributed by atoms with Crippen LogP contribution in [0, 0.1) is 0 Å². The van der Waals surface area contributed by atoms with Gasteiger partial charge in [-0.05, 0) is 38.3 Å². The Kier molecular flexibility index (Phi) is 6.07. The molecule has 2 N–H and O–H groups in total. The highest BCUT2D eigenvalue weighted by atomic mass is 35.5. The van der Waals surface area contributed by atoms with Crippen LogP contribution < -0.4 is 5.32 Å². The lowest BCUT2D eigenvalue weighted by molar-refractivity contribution is -0.152. The van der Waals surface area contributed by atoms with Crippen molar-refractivity contribution < 1.29 is 19.5 Å². The lowest BCUT2D eigenvalue weighted by Gasteiger charge is -2.34. The Hall–Kier alpha value is -1.79. The summed E-state index contributed by atoms with van der Waals surface area (Å²) in [4.78, 5) is 37.4. The molecule has 1 aromatic carbocycles. The first-order chi connectivity index (χ1) is 11.3. The molecule has 0 saturated carbocycles. The molecule has 1 fully saturated rings. The molecule has 2 rings (SSSR count). The van der Waals surface area contributed by atoms with Crippen LogP contribution >= 0.6 is 23.2 Å². The van der Waals surface area contributed by atoms with Crippen LogP contribution in [0.3, 0.4) is 0 Å². The van der Waals surface area contributed by atoms with Crippen LogP contribution in [0.4, 0.5) is 0 Å². The maximum absolute atomic E-state index is 12.5. The van der Waals surface area contributed by atoms with Gasteiger partial charge in [-0.25, -0.2) is 4.79 Å². The van der Waals surface area contributed by atoms with E-state index in [9.17, 15) is 19.5 Å². The quantitative estimate of drug-likeness (QED) is 0.850. The number of likely N-dealkylation sites (tertiary alicyclic amines) is 1. The standard InChI is InChI=1S/C16H18Cl2N2O4/c1-9(15(22)20-8-3-2-7-12(20)16(23)24)19-14(21)10-5-4-6-11(17)13(10)18/h4-6,9,12H,2-3,7-8H2,1H3,(H,19,21)(H,23,24)/t9-,12+/m0/s1. The summed E-state index contributed by atoms with van der Waals surface area (Å²) in [6.45, 7) is 1.89. The number of carbonyl (C=O) groups is 3. The highest BCUT2D eigenvalue weighted by Crippen LogP contribution is 2.25. The van der Waals surface area contributed by atoms with Gasteiger partial charge in [0.25, 0.3) is 5.91 Å². The highest BCUT2D eigenvalue weighted by Gasteiger charge is 2.34. The average molecular weight is 373 g/mol. The van der Waals surface area contributed by atoms with E-state index in [4.69, 9.17) is 23.2 Å². The van der Waals surface area contributed by atoms with Gasteiger partial charge in [0.15, 0.2) is 0 Å². The average Bonchev–Trinajstić information content (AvgIpc) is 2.56. The number of hydrogen-bond donors (Lipinski definition) is 2. The molecule has 2 atom stereocenters. The van der Waals surface area contributed by atoms with Crippen LogP contribution in [0.25, 0.3) is 0 Å². The number of piperidine rings is 1. The van der Waals surface area contributed by atoms with E-state index >= 15 is 0 Å². The third-order valence-corrected chi connectivity index (χ3v) is 4.80. The Balaban J connectivity index is 2.09. The van der Waals surface area contributed by atoms with Gasteiger partial charge < -0.3 is 15.3 Å². The second-order valence-corrected chi connectivity index (χ2v) is 6.46. The van der Waals surface area contributed by atoms with Gasteiger partial charge >= 0.3 is 5.97 Å². The molecule has 0 aliphatic carbocycles. The molecule has 1 aliphatic heterocycles. The van der Waals surface area contributed by atoms with E-state index in [0.29, 0.717) is 13.0 Å². The zero-order valence-corrected chi connectivity index (χ0v) is 14.6. The lowest BCUT2D eigenvalue weighted by Crippen LogP contribution is -2.54. The molecule has 0 spiro atoms. The molecule has 1 aromatic rings. The van der Waals surface area contributed by atoms with Crippen LogP contribution in [0.15, 0.2) is 18.2 Å². The van der Waals surface area contributed by atoms with Crippen molar-refractivity contribution in [3.63, 3.8) is 0 Å². The molecule has 24 heavy (non-hydrogen) atoms. The fourth-order valence-corrected chi connectivity index (χ4v) is 3.10. The van der Waals surface area contributed by atoms with E-state index in [2.05, 4.69) is 5.32 Å². The van der Waals surface area contributed by atoms with E-state index in [1.165, 1.54) is 17.9 Å². The smallest absolute Gasteiger partial charge is 0.326 e. The number of aliphatic carboxylic acids is 1. The topological polar surface area (TPSA) is 86.7 Å². The van der Waals surface area contributed by atoms with Gasteiger partial charge in [-0.3, -0.25) is 9.59 Å². The van der Waals surface area contributed by atoms with Gasteiger partial charge in [-0.1, -0.05) is 29.3 Å². The zero-order chi connectivity index (χ0) is 17.9. The van der Waals surface area contributed by atoms with Crippen LogP contribution in [0.1, 0.15) is 36.5 Å². The Morgan fingerprint density at radius 3 is 2.67 bits per heavy atom. The minimum absolute atomic E-state index is 0.109. The molecule has 0 aromatic heterocycles. The number of rotatable bonds is 4. The Morgan fingerprint density at radius 2 is 2.00 bits per heavy atom. The fourth-order valence-electron chi connectivity index (χ4n) is 2.72. The molecule has 6 nitrogen and oxygen atoms in total. The van der Waals surface area contributed by atoms with E-state index in [1.54, 1.807) is 12.1 Å². The van der Waals surface area contributed by atoms with Gasteiger partial charge in [0.05, 0.1) is 15.6 Å². The predicted molar refractivity (Wildman–Crippen MR) is 90.4 cm³/mol. The Labute approximate surface area is 149 Å². The van der Waals surface area contributed by atoms with Crippen molar-refractivity contribution >= 4 is 41.0 Å². The van der Waals surface area contributed by atoms with Crippen molar-refractivity contribution in [2.45, 2.75) is 38.3 Å². The number of carbonyl (C=O) groups excluding carboxylic acids is 2. The first-order valence-electron chi connectivity index (χ1n) is 7.61. The number of carboxylic acids is 1. The Morgan fingerprint density at radius 1 is 1.29 bits per heavy atom. The van der Waals surface area contributed by atoms with Crippen LogP contribution in [-0.4, -0.2) is 46.4 Å². The number of benzene rings is 1. The number of nitrogens with zero attached hydrogens (tertiary/aromatic N) is 1. The molecule has 1 saturated heterocycles. The summed E-state index contributed by atoms with van der Waals surface area (Å²) in [5, 5.41) is 12.2. The van der Waals surface area contributed by atoms with Crippen molar-refractivity contribution in [3.8, 4) is 0 Å². The van der Waals surface area contributed by atoms with Gasteiger partial charge in [-0.15, -0.1) is 0 Å². The van der Waals surface area contributed by atoms with E-state index in [0.717, 1.165) is 12.8 Å². The summed E-state index contributed by atoms with van der Waals surface area (Å²) in [6, 6.07) is 2.93. The summed E-state index contributed by atoms with van der Waals surface area (Å²) in [6.07, 6.45) is 1.93. The predicted octanol–water partition coefficient (Wildman–Crippen LogP) is 2.58. The molecular formula is C16H18Cl2N2O4. The molecule has 130 valence electrons. The van der Waals surface area contributed by atoms with Gasteiger partial charge in [0.2, 0.25) is 5.91 Å². The third-order valence-electron chi connectivity index (χ3n) is 3.99. The summed E-state index contributed by atoms with van der Waals surface area (Å²) in [5.41, 5.74) is 0.164. The zero-order valence-electron chi connectivity index (χ0n) is 13.1. The Bertz CT molecular complexity index is 665. The second kappa shape index (κ2) is 7.85. The van der Waals surface area contributed by atoms with E-state index in [1.807, 2.05) is 0 Å². The molecule has 0 bridgehead atoms. The summed E-state index contributed by atoms with van der Waals surface area (Å²) in [7, 11) is 0. The molecular weight excluding hydrogens is 355 g/mol. The van der Waals surface area contributed by atoms with Crippen molar-refractivity contribution in [2.75, 3.05) is 6.54 Å². The number of nitrogens with one attached hydrogen (secondary N) is 1. The highest BCUT2D eigenvalue weighted by molar-refractivity contribution is 6.43. The molecule has 2 amide bonds. The molecule has 8 heteroatoms. The van der Waals surface area contributed by atoms with Crippen LogP contribution in [0.5, 0.6) is 0 Å². The number of amides is 2. The maximum atomic E-state index is 12.5. The fraction of sp³-hybridized carbons (Fsp3) is 0.438. The SMILES string of the molecule is C[C@H](NC(=O)c1cccc(Cl)c1Cl)C(=O)N1CCCC[C@@H]1C(=O)O. The van der Waals surface area contributed by atoms with Crippen LogP contribution in [-0.2, 0) is 9.59 Å². The van der Waals surface area contributed by atoms with E-state index < -0.39 is 29.9 Å². The third kappa shape index (κ3) is 3.99. The summed E-state index contributed by atoms with van der Waals surface area (Å²) >= 11 is 11.9. The number of carboxylic acid groups (broad SMARTS) is 1. The second-order valence-electron chi connectivity index (χ2n) is 5.68. The number of hydrogen-bond acceptors (Lipinski definition) is 3. The molecule has 1 aliphatic rings. The van der Waals surface area contributed by atoms with Gasteiger partial charge in [0.1, 0.15) is 12.1 Å². The normalized spacial score (nSPS) is 18.8. The first-order valence-corrected chi connectivity index (χ1v) is 8.36. The molecule has 1 heterocycles. The summed E-state index contributed by atoms with van der Waals surface area (Å²) < 4.78 is 0. The largest absolute Gasteiger partial charge is 0.480 e. The van der Waals surface area contributed by atoms with Gasteiger partial charge in [-0.2, -0.15) is 0 Å². The van der Waals surface area contributed by atoms with Gasteiger partial charge in [0, 0.05) is 6.54 Å². The molecule has 0 radical (unpaired) electrons. The minimum Gasteiger partial charge on any atom is -0.480 e. The molecule has 0 unspecified atom stereocenters. The van der Waals surface area contributed by atoms with Crippen molar-refractivity contribution in [1.82, 2.24) is 10.2 Å². The van der Waals surface area contributed by atoms with Crippen molar-refractivity contribution in [2.24, 2.45) is 0 Å². The first kappa shape index (κ1) is 18.5. The summed E-state index contributed by atoms with van der Waals surface area (Å²) in [5.74, 6) is -1.99. The monoisotopic (exact) mass is 372 g/mol. The van der Waals surface area contributed by atoms with E-state index in [-0.39, 0.29) is 15.6 Å². The van der Waals surface area contributed by atoms with Crippen LogP contribution in [0.2, 0.25) is 10.0 Å². The maximum Gasteiger partial charge on any atom is 0.326 e. The lowest BCUT2D eigenvalue weighted by atomic mass is 10.0. The van der Waals surface area contributed by atoms with Crippen molar-refractivity contribution in [1.29, 1.82) is 0 Å².